The van der Waals surface area contributed by atoms with Gasteiger partial charge in [0, 0.05) is 25.0 Å². The molecule has 0 radical (unpaired) electrons. The van der Waals surface area contributed by atoms with E-state index in [9.17, 15) is 0 Å². The zero-order valence-electron chi connectivity index (χ0n) is 7.22. The fraction of sp³-hybridized carbons (Fsp3) is 1.00. The van der Waals surface area contributed by atoms with Gasteiger partial charge in [-0.1, -0.05) is 15.9 Å². The summed E-state index contributed by atoms with van der Waals surface area (Å²) in [5, 5.41) is 1.06. The zero-order valence-corrected chi connectivity index (χ0v) is 8.80. The predicted octanol–water partition coefficient (Wildman–Crippen LogP) is 1.49. The summed E-state index contributed by atoms with van der Waals surface area (Å²) in [6.45, 7) is 7.57. The SMILES string of the molecule is C[C@@H]1CN(CCBr)C[C@H](C)O1. The van der Waals surface area contributed by atoms with Gasteiger partial charge in [0.25, 0.3) is 0 Å². The molecule has 11 heavy (non-hydrogen) atoms. The average molecular weight is 222 g/mol. The Kier molecular flexibility index (Phi) is 3.82. The fourth-order valence-electron chi connectivity index (χ4n) is 1.59. The van der Waals surface area contributed by atoms with Gasteiger partial charge in [-0.15, -0.1) is 0 Å². The van der Waals surface area contributed by atoms with Crippen LogP contribution in [0.3, 0.4) is 0 Å². The molecular weight excluding hydrogens is 206 g/mol. The molecule has 0 aromatic heterocycles. The number of nitrogens with zero attached hydrogens (tertiary/aromatic N) is 1. The minimum Gasteiger partial charge on any atom is -0.373 e. The number of ether oxygens (including phenoxy) is 1. The first-order chi connectivity index (χ1) is 5.22. The monoisotopic (exact) mass is 221 g/mol. The topological polar surface area (TPSA) is 12.5 Å². The maximum Gasteiger partial charge on any atom is 0.0678 e. The molecule has 0 bridgehead atoms. The third-order valence-electron chi connectivity index (χ3n) is 1.90. The van der Waals surface area contributed by atoms with Gasteiger partial charge in [0.05, 0.1) is 12.2 Å². The second kappa shape index (κ2) is 4.43. The summed E-state index contributed by atoms with van der Waals surface area (Å²) >= 11 is 3.44. The van der Waals surface area contributed by atoms with Gasteiger partial charge < -0.3 is 4.74 Å². The van der Waals surface area contributed by atoms with Gasteiger partial charge >= 0.3 is 0 Å². The predicted molar refractivity (Wildman–Crippen MR) is 50.2 cm³/mol. The van der Waals surface area contributed by atoms with Crippen LogP contribution in [-0.2, 0) is 4.74 Å². The summed E-state index contributed by atoms with van der Waals surface area (Å²) in [6.07, 6.45) is 0.801. The van der Waals surface area contributed by atoms with Crippen LogP contribution >= 0.6 is 15.9 Å². The number of hydrogen-bond donors (Lipinski definition) is 0. The summed E-state index contributed by atoms with van der Waals surface area (Å²) in [4.78, 5) is 2.44. The van der Waals surface area contributed by atoms with Crippen molar-refractivity contribution in [3.63, 3.8) is 0 Å². The normalized spacial score (nSPS) is 34.1. The Hall–Kier alpha value is 0.400. The summed E-state index contributed by atoms with van der Waals surface area (Å²) < 4.78 is 5.61. The number of alkyl halides is 1. The largest absolute Gasteiger partial charge is 0.373 e. The second-order valence-corrected chi connectivity index (χ2v) is 4.00. The number of hydrogen-bond acceptors (Lipinski definition) is 2. The van der Waals surface area contributed by atoms with Crippen molar-refractivity contribution in [1.82, 2.24) is 4.90 Å². The van der Waals surface area contributed by atoms with E-state index in [0.29, 0.717) is 12.2 Å². The second-order valence-electron chi connectivity index (χ2n) is 3.21. The Labute approximate surface area is 77.0 Å². The van der Waals surface area contributed by atoms with E-state index in [1.165, 1.54) is 0 Å². The average Bonchev–Trinajstić information content (AvgIpc) is 1.85. The lowest BCUT2D eigenvalue weighted by Crippen LogP contribution is -2.45. The molecule has 2 atom stereocenters. The number of halogens is 1. The molecule has 0 amide bonds. The summed E-state index contributed by atoms with van der Waals surface area (Å²) in [6, 6.07) is 0. The highest BCUT2D eigenvalue weighted by atomic mass is 79.9. The third kappa shape index (κ3) is 3.09. The first-order valence-corrected chi connectivity index (χ1v) is 5.28. The van der Waals surface area contributed by atoms with E-state index < -0.39 is 0 Å². The van der Waals surface area contributed by atoms with Crippen LogP contribution in [0.15, 0.2) is 0 Å². The van der Waals surface area contributed by atoms with E-state index in [0.717, 1.165) is 25.0 Å². The third-order valence-corrected chi connectivity index (χ3v) is 2.25. The Morgan fingerprint density at radius 1 is 1.36 bits per heavy atom. The highest BCUT2D eigenvalue weighted by Crippen LogP contribution is 2.09. The molecule has 0 aromatic rings. The van der Waals surface area contributed by atoms with Crippen LogP contribution in [0.4, 0.5) is 0 Å². The molecule has 0 unspecified atom stereocenters. The molecule has 2 nitrogen and oxygen atoms in total. The molecule has 0 saturated carbocycles. The molecule has 0 N–H and O–H groups in total. The fourth-order valence-corrected chi connectivity index (χ4v) is 2.09. The first-order valence-electron chi connectivity index (χ1n) is 4.16. The molecule has 1 aliphatic rings. The van der Waals surface area contributed by atoms with Crippen molar-refractivity contribution < 1.29 is 4.74 Å². The number of morpholine rings is 1. The Morgan fingerprint density at radius 2 is 1.91 bits per heavy atom. The van der Waals surface area contributed by atoms with Crippen LogP contribution in [0.2, 0.25) is 0 Å². The lowest BCUT2D eigenvalue weighted by atomic mass is 10.2. The highest BCUT2D eigenvalue weighted by Gasteiger charge is 2.20. The van der Waals surface area contributed by atoms with Crippen LogP contribution < -0.4 is 0 Å². The summed E-state index contributed by atoms with van der Waals surface area (Å²) in [7, 11) is 0. The molecule has 3 heteroatoms. The molecule has 66 valence electrons. The van der Waals surface area contributed by atoms with Gasteiger partial charge in [0.15, 0.2) is 0 Å². The van der Waals surface area contributed by atoms with Crippen molar-refractivity contribution in [2.75, 3.05) is 25.0 Å². The van der Waals surface area contributed by atoms with Crippen LogP contribution in [-0.4, -0.2) is 42.1 Å². The van der Waals surface area contributed by atoms with Gasteiger partial charge in [-0.25, -0.2) is 0 Å². The van der Waals surface area contributed by atoms with Crippen molar-refractivity contribution in [2.45, 2.75) is 26.1 Å². The molecule has 1 rings (SSSR count). The zero-order chi connectivity index (χ0) is 8.27. The Morgan fingerprint density at radius 3 is 2.36 bits per heavy atom. The van der Waals surface area contributed by atoms with Crippen molar-refractivity contribution in [1.29, 1.82) is 0 Å². The maximum absolute atomic E-state index is 5.61. The standard InChI is InChI=1S/C8H16BrNO/c1-7-5-10(4-3-9)6-8(2)11-7/h7-8H,3-6H2,1-2H3/t7-,8+. The van der Waals surface area contributed by atoms with E-state index in [-0.39, 0.29) is 0 Å². The molecule has 0 aliphatic carbocycles. The minimum atomic E-state index is 0.401. The molecule has 1 saturated heterocycles. The molecule has 1 aliphatic heterocycles. The van der Waals surface area contributed by atoms with E-state index >= 15 is 0 Å². The van der Waals surface area contributed by atoms with Crippen molar-refractivity contribution in [3.8, 4) is 0 Å². The van der Waals surface area contributed by atoms with Crippen LogP contribution in [0.5, 0.6) is 0 Å². The summed E-state index contributed by atoms with van der Waals surface area (Å²) in [5.74, 6) is 0. The molecule has 0 spiro atoms. The quantitative estimate of drug-likeness (QED) is 0.656. The lowest BCUT2D eigenvalue weighted by Gasteiger charge is -2.34. The Bertz CT molecular complexity index is 111. The van der Waals surface area contributed by atoms with E-state index in [2.05, 4.69) is 34.7 Å². The Balaban J connectivity index is 2.30. The van der Waals surface area contributed by atoms with Gasteiger partial charge in [0.2, 0.25) is 0 Å². The van der Waals surface area contributed by atoms with Crippen LogP contribution in [0.1, 0.15) is 13.8 Å². The smallest absolute Gasteiger partial charge is 0.0678 e. The first kappa shape index (κ1) is 9.49. The van der Waals surface area contributed by atoms with E-state index in [1.807, 2.05) is 0 Å². The van der Waals surface area contributed by atoms with Gasteiger partial charge in [-0.05, 0) is 13.8 Å². The van der Waals surface area contributed by atoms with Crippen molar-refractivity contribution in [2.24, 2.45) is 0 Å². The van der Waals surface area contributed by atoms with Crippen LogP contribution in [0, 0.1) is 0 Å². The van der Waals surface area contributed by atoms with Crippen LogP contribution in [0.25, 0.3) is 0 Å². The lowest BCUT2D eigenvalue weighted by molar-refractivity contribution is -0.0660. The van der Waals surface area contributed by atoms with Gasteiger partial charge in [-0.3, -0.25) is 4.90 Å². The van der Waals surface area contributed by atoms with Gasteiger partial charge in [0.1, 0.15) is 0 Å². The van der Waals surface area contributed by atoms with Crippen molar-refractivity contribution in [3.05, 3.63) is 0 Å². The minimum absolute atomic E-state index is 0.401. The van der Waals surface area contributed by atoms with E-state index in [1.54, 1.807) is 0 Å². The molecule has 1 heterocycles. The van der Waals surface area contributed by atoms with Crippen molar-refractivity contribution >= 4 is 15.9 Å². The molecule has 0 aromatic carbocycles. The highest BCUT2D eigenvalue weighted by molar-refractivity contribution is 9.09. The summed E-state index contributed by atoms with van der Waals surface area (Å²) in [5.41, 5.74) is 0. The van der Waals surface area contributed by atoms with Gasteiger partial charge in [-0.2, -0.15) is 0 Å². The molecule has 1 fully saturated rings. The maximum atomic E-state index is 5.61. The molecular formula is C8H16BrNO. The van der Waals surface area contributed by atoms with E-state index in [4.69, 9.17) is 4.74 Å². The number of rotatable bonds is 2.